The van der Waals surface area contributed by atoms with Crippen LogP contribution >= 0.6 is 23.1 Å². The van der Waals surface area contributed by atoms with E-state index in [1.807, 2.05) is 18.2 Å². The third kappa shape index (κ3) is 3.00. The Bertz CT molecular complexity index is 669. The van der Waals surface area contributed by atoms with Crippen LogP contribution < -0.4 is 15.1 Å². The second-order valence-electron chi connectivity index (χ2n) is 4.96. The van der Waals surface area contributed by atoms with Gasteiger partial charge in [-0.1, -0.05) is 22.2 Å². The predicted molar refractivity (Wildman–Crippen MR) is 89.2 cm³/mol. The molecular formula is C14H16ClN5OS. The van der Waals surface area contributed by atoms with Gasteiger partial charge in [0.15, 0.2) is 5.69 Å². The van der Waals surface area contributed by atoms with Crippen LogP contribution in [0.5, 0.6) is 0 Å². The normalized spacial score (nSPS) is 15.0. The summed E-state index contributed by atoms with van der Waals surface area (Å²) in [6.45, 7) is 3.37. The standard InChI is InChI=1S/C14H16ClN5OS/c1-16-13(21)12-14(22-18-17-12)20-7-5-19(6-8-20)11-4-2-3-10(15)9-11/h2-4,9H,5-8H2,1H3,(H,16,21). The Labute approximate surface area is 137 Å². The van der Waals surface area contributed by atoms with Gasteiger partial charge in [-0.05, 0) is 18.2 Å². The molecule has 0 atom stereocenters. The van der Waals surface area contributed by atoms with E-state index in [2.05, 4.69) is 30.8 Å². The van der Waals surface area contributed by atoms with Crippen LogP contribution in [0, 0.1) is 0 Å². The third-order valence-electron chi connectivity index (χ3n) is 3.65. The molecule has 1 N–H and O–H groups in total. The van der Waals surface area contributed by atoms with Crippen LogP contribution in [-0.2, 0) is 0 Å². The molecule has 1 aliphatic heterocycles. The molecule has 1 fully saturated rings. The Kier molecular flexibility index (Phi) is 4.44. The van der Waals surface area contributed by atoms with Gasteiger partial charge < -0.3 is 15.1 Å². The summed E-state index contributed by atoms with van der Waals surface area (Å²) >= 11 is 7.31. The molecule has 0 unspecified atom stereocenters. The summed E-state index contributed by atoms with van der Waals surface area (Å²) < 4.78 is 3.91. The van der Waals surface area contributed by atoms with Gasteiger partial charge in [0.05, 0.1) is 0 Å². The molecule has 1 saturated heterocycles. The Morgan fingerprint density at radius 2 is 2.00 bits per heavy atom. The fourth-order valence-corrected chi connectivity index (χ4v) is 3.40. The maximum Gasteiger partial charge on any atom is 0.274 e. The number of hydrogen-bond donors (Lipinski definition) is 1. The van der Waals surface area contributed by atoms with Gasteiger partial charge in [0.1, 0.15) is 5.00 Å². The molecule has 2 heterocycles. The number of carbonyl (C=O) groups excluding carboxylic acids is 1. The van der Waals surface area contributed by atoms with Crippen LogP contribution in [0.2, 0.25) is 5.02 Å². The van der Waals surface area contributed by atoms with Gasteiger partial charge in [-0.25, -0.2) is 0 Å². The van der Waals surface area contributed by atoms with Gasteiger partial charge in [-0.2, -0.15) is 0 Å². The van der Waals surface area contributed by atoms with Gasteiger partial charge in [0, 0.05) is 55.5 Å². The van der Waals surface area contributed by atoms with Gasteiger partial charge in [-0.15, -0.1) is 5.10 Å². The van der Waals surface area contributed by atoms with Crippen molar-refractivity contribution in [3.8, 4) is 0 Å². The largest absolute Gasteiger partial charge is 0.368 e. The molecule has 1 aliphatic rings. The monoisotopic (exact) mass is 337 g/mol. The molecule has 0 spiro atoms. The zero-order valence-electron chi connectivity index (χ0n) is 12.1. The van der Waals surface area contributed by atoms with Gasteiger partial charge >= 0.3 is 0 Å². The summed E-state index contributed by atoms with van der Waals surface area (Å²) in [4.78, 5) is 16.3. The van der Waals surface area contributed by atoms with E-state index < -0.39 is 0 Å². The Morgan fingerprint density at radius 3 is 2.68 bits per heavy atom. The zero-order valence-corrected chi connectivity index (χ0v) is 13.7. The minimum absolute atomic E-state index is 0.193. The first-order valence-electron chi connectivity index (χ1n) is 6.99. The number of amides is 1. The SMILES string of the molecule is CNC(=O)c1nnsc1N1CCN(c2cccc(Cl)c2)CC1. The first kappa shape index (κ1) is 15.1. The molecule has 0 radical (unpaired) electrons. The fourth-order valence-electron chi connectivity index (χ4n) is 2.49. The van der Waals surface area contributed by atoms with E-state index in [0.29, 0.717) is 5.69 Å². The minimum atomic E-state index is -0.193. The van der Waals surface area contributed by atoms with Gasteiger partial charge in [0.2, 0.25) is 0 Å². The highest BCUT2D eigenvalue weighted by Gasteiger charge is 2.24. The van der Waals surface area contributed by atoms with Crippen LogP contribution in [0.25, 0.3) is 0 Å². The number of piperazine rings is 1. The van der Waals surface area contributed by atoms with E-state index in [1.165, 1.54) is 11.5 Å². The van der Waals surface area contributed by atoms with Crippen molar-refractivity contribution in [2.75, 3.05) is 43.0 Å². The second kappa shape index (κ2) is 6.50. The maximum absolute atomic E-state index is 11.8. The van der Waals surface area contributed by atoms with Crippen molar-refractivity contribution < 1.29 is 4.79 Å². The Balaban J connectivity index is 1.70. The molecule has 0 aliphatic carbocycles. The summed E-state index contributed by atoms with van der Waals surface area (Å²) in [6, 6.07) is 7.87. The maximum atomic E-state index is 11.8. The van der Waals surface area contributed by atoms with E-state index in [9.17, 15) is 4.79 Å². The number of carbonyl (C=O) groups is 1. The molecule has 0 bridgehead atoms. The average Bonchev–Trinajstić information content (AvgIpc) is 3.04. The lowest BCUT2D eigenvalue weighted by molar-refractivity contribution is 0.0958. The number of benzene rings is 1. The average molecular weight is 338 g/mol. The number of hydrogen-bond acceptors (Lipinski definition) is 6. The van der Waals surface area contributed by atoms with Crippen LogP contribution in [0.4, 0.5) is 10.7 Å². The lowest BCUT2D eigenvalue weighted by atomic mass is 10.2. The van der Waals surface area contributed by atoms with Crippen LogP contribution in [0.15, 0.2) is 24.3 Å². The number of nitrogens with one attached hydrogen (secondary N) is 1. The first-order chi connectivity index (χ1) is 10.7. The molecule has 116 valence electrons. The third-order valence-corrected chi connectivity index (χ3v) is 4.68. The highest BCUT2D eigenvalue weighted by Crippen LogP contribution is 2.26. The molecule has 1 amide bonds. The molecular weight excluding hydrogens is 322 g/mol. The lowest BCUT2D eigenvalue weighted by Gasteiger charge is -2.36. The van der Waals surface area contributed by atoms with Crippen molar-refractivity contribution in [3.63, 3.8) is 0 Å². The Hall–Kier alpha value is -1.86. The Morgan fingerprint density at radius 1 is 1.27 bits per heavy atom. The summed E-state index contributed by atoms with van der Waals surface area (Å²) in [5, 5.41) is 8.12. The predicted octanol–water partition coefficient (Wildman–Crippen LogP) is 1.88. The van der Waals surface area contributed by atoms with Gasteiger partial charge in [0.25, 0.3) is 5.91 Å². The molecule has 8 heteroatoms. The summed E-state index contributed by atoms with van der Waals surface area (Å²) in [5.74, 6) is -0.193. The van der Waals surface area contributed by atoms with E-state index in [4.69, 9.17) is 11.6 Å². The van der Waals surface area contributed by atoms with Crippen molar-refractivity contribution in [1.29, 1.82) is 0 Å². The molecule has 22 heavy (non-hydrogen) atoms. The van der Waals surface area contributed by atoms with Gasteiger partial charge in [-0.3, -0.25) is 4.79 Å². The number of aromatic nitrogens is 2. The van der Waals surface area contributed by atoms with E-state index in [0.717, 1.165) is 41.9 Å². The van der Waals surface area contributed by atoms with Crippen molar-refractivity contribution in [3.05, 3.63) is 35.0 Å². The quantitative estimate of drug-likeness (QED) is 0.926. The van der Waals surface area contributed by atoms with E-state index in [-0.39, 0.29) is 5.91 Å². The molecule has 1 aromatic heterocycles. The second-order valence-corrected chi connectivity index (χ2v) is 6.13. The van der Waals surface area contributed by atoms with E-state index >= 15 is 0 Å². The van der Waals surface area contributed by atoms with Crippen LogP contribution in [0.3, 0.4) is 0 Å². The van der Waals surface area contributed by atoms with E-state index in [1.54, 1.807) is 7.05 Å². The summed E-state index contributed by atoms with van der Waals surface area (Å²) in [6.07, 6.45) is 0. The smallest absolute Gasteiger partial charge is 0.274 e. The molecule has 3 rings (SSSR count). The highest BCUT2D eigenvalue weighted by molar-refractivity contribution is 7.10. The first-order valence-corrected chi connectivity index (χ1v) is 8.14. The number of nitrogens with zero attached hydrogens (tertiary/aromatic N) is 4. The number of anilines is 2. The zero-order chi connectivity index (χ0) is 15.5. The number of rotatable bonds is 3. The topological polar surface area (TPSA) is 61.4 Å². The summed E-state index contributed by atoms with van der Waals surface area (Å²) in [7, 11) is 1.60. The van der Waals surface area contributed by atoms with Crippen LogP contribution in [-0.4, -0.2) is 48.7 Å². The van der Waals surface area contributed by atoms with Crippen molar-refractivity contribution >= 4 is 39.7 Å². The molecule has 1 aromatic carbocycles. The van der Waals surface area contributed by atoms with Crippen molar-refractivity contribution in [2.24, 2.45) is 0 Å². The number of halogens is 1. The molecule has 0 saturated carbocycles. The lowest BCUT2D eigenvalue weighted by Crippen LogP contribution is -2.46. The highest BCUT2D eigenvalue weighted by atomic mass is 35.5. The minimum Gasteiger partial charge on any atom is -0.368 e. The van der Waals surface area contributed by atoms with Crippen LogP contribution in [0.1, 0.15) is 10.5 Å². The molecule has 6 nitrogen and oxygen atoms in total. The van der Waals surface area contributed by atoms with Crippen molar-refractivity contribution in [2.45, 2.75) is 0 Å². The fraction of sp³-hybridized carbons (Fsp3) is 0.357. The van der Waals surface area contributed by atoms with Crippen molar-refractivity contribution in [1.82, 2.24) is 14.9 Å². The molecule has 2 aromatic rings. The summed E-state index contributed by atoms with van der Waals surface area (Å²) in [5.41, 5.74) is 1.53.